The number of thiocarbonyl (C=S) groups is 1. The van der Waals surface area contributed by atoms with Gasteiger partial charge in [0.15, 0.2) is 0 Å². The zero-order valence-corrected chi connectivity index (χ0v) is 18.8. The first-order chi connectivity index (χ1) is 15.4. The molecule has 1 aliphatic rings. The molecule has 1 atom stereocenters. The lowest BCUT2D eigenvalue weighted by atomic mass is 10.1. The predicted octanol–water partition coefficient (Wildman–Crippen LogP) is 3.65. The lowest BCUT2D eigenvalue weighted by Crippen LogP contribution is -2.43. The first kappa shape index (κ1) is 23.4. The number of thioether (sulfide) groups is 1. The van der Waals surface area contributed by atoms with Crippen molar-refractivity contribution in [3.8, 4) is 0 Å². The predicted molar refractivity (Wildman–Crippen MR) is 130 cm³/mol. The van der Waals surface area contributed by atoms with Gasteiger partial charge in [-0.15, -0.1) is 0 Å². The molecule has 2 amide bonds. The molecule has 0 spiro atoms. The summed E-state index contributed by atoms with van der Waals surface area (Å²) in [7, 11) is 0. The molecule has 2 N–H and O–H groups in total. The van der Waals surface area contributed by atoms with Crippen molar-refractivity contribution >= 4 is 52.2 Å². The molecule has 2 aromatic rings. The number of carbonyl (C=O) groups is 3. The van der Waals surface area contributed by atoms with E-state index in [9.17, 15) is 19.5 Å². The Kier molecular flexibility index (Phi) is 8.35. The second kappa shape index (κ2) is 11.4. The smallest absolute Gasteiger partial charge is 0.326 e. The lowest BCUT2D eigenvalue weighted by Gasteiger charge is -2.17. The molecule has 1 saturated heterocycles. The van der Waals surface area contributed by atoms with Crippen LogP contribution in [0.4, 0.5) is 0 Å². The van der Waals surface area contributed by atoms with Gasteiger partial charge >= 0.3 is 5.97 Å². The molecular weight excluding hydrogens is 444 g/mol. The van der Waals surface area contributed by atoms with E-state index < -0.39 is 17.9 Å². The monoisotopic (exact) mass is 466 g/mol. The number of allylic oxidation sites excluding steroid dienone is 2. The van der Waals surface area contributed by atoms with Crippen molar-refractivity contribution in [1.82, 2.24) is 10.2 Å². The van der Waals surface area contributed by atoms with Gasteiger partial charge in [-0.3, -0.25) is 14.5 Å². The summed E-state index contributed by atoms with van der Waals surface area (Å²) in [5.41, 5.74) is 1.82. The Bertz CT molecular complexity index is 1050. The maximum Gasteiger partial charge on any atom is 0.326 e. The number of carbonyl (C=O) groups excluding carboxylic acids is 2. The first-order valence-corrected chi connectivity index (χ1v) is 11.2. The van der Waals surface area contributed by atoms with Gasteiger partial charge in [0, 0.05) is 19.4 Å². The molecule has 3 rings (SSSR count). The van der Waals surface area contributed by atoms with E-state index in [1.807, 2.05) is 54.6 Å². The summed E-state index contributed by atoms with van der Waals surface area (Å²) in [6, 6.07) is 17.7. The van der Waals surface area contributed by atoms with Gasteiger partial charge in [0.25, 0.3) is 5.91 Å². The Morgan fingerprint density at radius 3 is 2.41 bits per heavy atom. The van der Waals surface area contributed by atoms with Gasteiger partial charge in [-0.05, 0) is 17.2 Å². The Labute approximate surface area is 196 Å². The molecule has 0 saturated carbocycles. The number of carboxylic acid groups (broad SMARTS) is 1. The van der Waals surface area contributed by atoms with Crippen LogP contribution in [0, 0.1) is 0 Å². The molecular formula is C24H22N2O4S2. The van der Waals surface area contributed by atoms with Crippen LogP contribution in [0.3, 0.4) is 0 Å². The summed E-state index contributed by atoms with van der Waals surface area (Å²) in [6.07, 6.45) is 5.51. The quantitative estimate of drug-likeness (QED) is 0.433. The number of amides is 2. The van der Waals surface area contributed by atoms with Crippen molar-refractivity contribution in [1.29, 1.82) is 0 Å². The number of aliphatic carboxylic acids is 1. The third-order valence-electron chi connectivity index (χ3n) is 4.69. The number of hydrogen-bond acceptors (Lipinski definition) is 5. The number of nitrogens with one attached hydrogen (secondary N) is 1. The minimum atomic E-state index is -1.11. The number of carboxylic acids is 1. The Morgan fingerprint density at radius 1 is 1.09 bits per heavy atom. The van der Waals surface area contributed by atoms with Gasteiger partial charge in [0.1, 0.15) is 10.4 Å². The lowest BCUT2D eigenvalue weighted by molar-refractivity contribution is -0.141. The summed E-state index contributed by atoms with van der Waals surface area (Å²) in [6.45, 7) is 0.0912. The van der Waals surface area contributed by atoms with Crippen molar-refractivity contribution in [2.75, 3.05) is 6.54 Å². The van der Waals surface area contributed by atoms with Crippen LogP contribution in [0.25, 0.3) is 6.08 Å². The van der Waals surface area contributed by atoms with Crippen LogP contribution in [0.5, 0.6) is 0 Å². The van der Waals surface area contributed by atoms with Crippen LogP contribution < -0.4 is 5.32 Å². The van der Waals surface area contributed by atoms with Gasteiger partial charge < -0.3 is 10.4 Å². The third kappa shape index (κ3) is 6.63. The summed E-state index contributed by atoms with van der Waals surface area (Å²) >= 11 is 6.46. The standard InChI is InChI=1S/C24H22N2O4S2/c27-21(25-19(23(29)30)16-18-10-5-2-6-11-18)14-15-26-22(28)20(32-24(26)31)13-7-12-17-8-3-1-4-9-17/h1-13,19H,14-16H2,(H,25,27)(H,29,30)/b12-7+,20-13+/t19-/m0/s1. The molecule has 1 aliphatic heterocycles. The molecule has 0 radical (unpaired) electrons. The van der Waals surface area contributed by atoms with Gasteiger partial charge in [0.2, 0.25) is 5.91 Å². The van der Waals surface area contributed by atoms with Crippen LogP contribution in [0.15, 0.2) is 77.7 Å². The molecule has 0 unspecified atom stereocenters. The Hall–Kier alpha value is -3.23. The third-order valence-corrected chi connectivity index (χ3v) is 6.08. The van der Waals surface area contributed by atoms with E-state index in [4.69, 9.17) is 12.2 Å². The Balaban J connectivity index is 1.54. The van der Waals surface area contributed by atoms with Gasteiger partial charge in [-0.25, -0.2) is 4.79 Å². The molecule has 6 nitrogen and oxygen atoms in total. The second-order valence-electron chi connectivity index (χ2n) is 7.02. The summed E-state index contributed by atoms with van der Waals surface area (Å²) in [5.74, 6) is -1.82. The van der Waals surface area contributed by atoms with Crippen LogP contribution >= 0.6 is 24.0 Å². The summed E-state index contributed by atoms with van der Waals surface area (Å²) in [4.78, 5) is 38.4. The second-order valence-corrected chi connectivity index (χ2v) is 8.70. The highest BCUT2D eigenvalue weighted by Crippen LogP contribution is 2.31. The van der Waals surface area contributed by atoms with Crippen LogP contribution in [0.1, 0.15) is 17.5 Å². The van der Waals surface area contributed by atoms with Crippen molar-refractivity contribution in [3.63, 3.8) is 0 Å². The Morgan fingerprint density at radius 2 is 1.75 bits per heavy atom. The molecule has 2 aromatic carbocycles. The van der Waals surface area contributed by atoms with Gasteiger partial charge in [-0.1, -0.05) is 96.8 Å². The normalized spacial score (nSPS) is 16.0. The fourth-order valence-corrected chi connectivity index (χ4v) is 4.31. The van der Waals surface area contributed by atoms with Crippen LogP contribution in [-0.4, -0.2) is 44.7 Å². The molecule has 0 bridgehead atoms. The van der Waals surface area contributed by atoms with E-state index in [1.165, 1.54) is 16.7 Å². The van der Waals surface area contributed by atoms with E-state index in [0.717, 1.165) is 11.1 Å². The molecule has 32 heavy (non-hydrogen) atoms. The minimum Gasteiger partial charge on any atom is -0.480 e. The van der Waals surface area contributed by atoms with Gasteiger partial charge in [0.05, 0.1) is 4.91 Å². The maximum atomic E-state index is 12.6. The molecule has 1 fully saturated rings. The summed E-state index contributed by atoms with van der Waals surface area (Å²) in [5, 5.41) is 12.0. The number of nitrogens with zero attached hydrogens (tertiary/aromatic N) is 1. The molecule has 164 valence electrons. The minimum absolute atomic E-state index is 0.0435. The highest BCUT2D eigenvalue weighted by molar-refractivity contribution is 8.26. The van der Waals surface area contributed by atoms with Crippen molar-refractivity contribution in [3.05, 3.63) is 88.8 Å². The molecule has 1 heterocycles. The molecule has 0 aliphatic carbocycles. The fourth-order valence-electron chi connectivity index (χ4n) is 3.05. The van der Waals surface area contributed by atoms with E-state index >= 15 is 0 Å². The van der Waals surface area contributed by atoms with E-state index in [-0.39, 0.29) is 25.3 Å². The SMILES string of the molecule is O=C(CCN1C(=O)/C(=C\C=C\c2ccccc2)SC1=S)N[C@@H](Cc1ccccc1)C(=O)O. The zero-order valence-electron chi connectivity index (χ0n) is 17.1. The zero-order chi connectivity index (χ0) is 22.9. The van der Waals surface area contributed by atoms with Gasteiger partial charge in [-0.2, -0.15) is 0 Å². The topological polar surface area (TPSA) is 86.7 Å². The largest absolute Gasteiger partial charge is 0.480 e. The van der Waals surface area contributed by atoms with Crippen molar-refractivity contribution < 1.29 is 19.5 Å². The number of hydrogen-bond donors (Lipinski definition) is 2. The van der Waals surface area contributed by atoms with E-state index in [0.29, 0.717) is 9.23 Å². The number of benzene rings is 2. The molecule has 0 aromatic heterocycles. The van der Waals surface area contributed by atoms with Crippen LogP contribution in [0.2, 0.25) is 0 Å². The van der Waals surface area contributed by atoms with Crippen LogP contribution in [-0.2, 0) is 20.8 Å². The van der Waals surface area contributed by atoms with E-state index in [2.05, 4.69) is 5.32 Å². The average Bonchev–Trinajstić information content (AvgIpc) is 3.05. The van der Waals surface area contributed by atoms with Crippen molar-refractivity contribution in [2.24, 2.45) is 0 Å². The first-order valence-electron chi connectivity index (χ1n) is 9.97. The highest BCUT2D eigenvalue weighted by atomic mass is 32.2. The molecule has 8 heteroatoms. The van der Waals surface area contributed by atoms with Crippen molar-refractivity contribution in [2.45, 2.75) is 18.9 Å². The maximum absolute atomic E-state index is 12.6. The highest BCUT2D eigenvalue weighted by Gasteiger charge is 2.32. The van der Waals surface area contributed by atoms with E-state index in [1.54, 1.807) is 24.3 Å². The summed E-state index contributed by atoms with van der Waals surface area (Å²) < 4.78 is 0.376. The fraction of sp³-hybridized carbons (Fsp3) is 0.167. The number of rotatable bonds is 9. The average molecular weight is 467 g/mol.